The summed E-state index contributed by atoms with van der Waals surface area (Å²) in [5, 5.41) is 27.7. The largest absolute Gasteiger partial charge is 0.479 e. The number of nitrogens with zero attached hydrogens (tertiary/aromatic N) is 4. The number of aliphatic hydroxyl groups is 1. The fraction of sp³-hybridized carbons (Fsp3) is 0.483. The molecule has 0 saturated carbocycles. The molecular weight excluding hydrogens is 533 g/mol. The van der Waals surface area contributed by atoms with Crippen molar-refractivity contribution in [2.45, 2.75) is 71.2 Å². The Kier molecular flexibility index (Phi) is 8.46. The normalized spacial score (nSPS) is 16.0. The lowest BCUT2D eigenvalue weighted by Gasteiger charge is -2.38. The average Bonchev–Trinajstić information content (AvgIpc) is 3.30. The molecule has 3 N–H and O–H groups in total. The number of carbonyl (C=O) groups is 3. The maximum Gasteiger partial charge on any atom is 0.337 e. The number of nitrogens with one attached hydrogen (secondary N) is 1. The number of fused-ring (bicyclic) bond motifs is 1. The SMILES string of the molecule is Cc1nc2cc(C(=O)NCC(=O)Cc3ccc(F)cc3)nn2c(N2CCC(C)(O)CC2)c1C(OC(C)(C)C)C(=O)O. The van der Waals surface area contributed by atoms with Gasteiger partial charge in [0.1, 0.15) is 11.6 Å². The second kappa shape index (κ2) is 11.5. The Hall–Kier alpha value is -3.90. The van der Waals surface area contributed by atoms with Crippen LogP contribution in [0.25, 0.3) is 5.65 Å². The molecule has 3 heterocycles. The van der Waals surface area contributed by atoms with Crippen molar-refractivity contribution in [1.82, 2.24) is 19.9 Å². The minimum atomic E-state index is -1.37. The summed E-state index contributed by atoms with van der Waals surface area (Å²) < 4.78 is 20.5. The summed E-state index contributed by atoms with van der Waals surface area (Å²) in [7, 11) is 0. The van der Waals surface area contributed by atoms with Gasteiger partial charge in [-0.2, -0.15) is 9.61 Å². The average molecular weight is 570 g/mol. The van der Waals surface area contributed by atoms with Gasteiger partial charge in [0.15, 0.2) is 23.2 Å². The number of amides is 1. The van der Waals surface area contributed by atoms with Gasteiger partial charge in [-0.15, -0.1) is 0 Å². The molecule has 4 rings (SSSR count). The van der Waals surface area contributed by atoms with E-state index in [-0.39, 0.29) is 24.4 Å². The number of anilines is 1. The lowest BCUT2D eigenvalue weighted by molar-refractivity contribution is -0.160. The molecule has 41 heavy (non-hydrogen) atoms. The second-order valence-electron chi connectivity index (χ2n) is 11.7. The van der Waals surface area contributed by atoms with Gasteiger partial charge >= 0.3 is 5.97 Å². The third-order valence-corrected chi connectivity index (χ3v) is 6.90. The van der Waals surface area contributed by atoms with Gasteiger partial charge in [-0.05, 0) is 65.2 Å². The van der Waals surface area contributed by atoms with Crippen molar-refractivity contribution in [3.63, 3.8) is 0 Å². The van der Waals surface area contributed by atoms with E-state index in [1.165, 1.54) is 34.8 Å². The highest BCUT2D eigenvalue weighted by molar-refractivity contribution is 5.96. The molecular formula is C29H36FN5O6. The summed E-state index contributed by atoms with van der Waals surface area (Å²) in [6.07, 6.45) is -0.450. The van der Waals surface area contributed by atoms with E-state index < -0.39 is 35.0 Å². The van der Waals surface area contributed by atoms with Crippen LogP contribution in [0.2, 0.25) is 0 Å². The Morgan fingerprint density at radius 2 is 1.80 bits per heavy atom. The molecule has 1 fully saturated rings. The highest BCUT2D eigenvalue weighted by Gasteiger charge is 2.37. The molecule has 1 aliphatic heterocycles. The van der Waals surface area contributed by atoms with Crippen molar-refractivity contribution in [2.75, 3.05) is 24.5 Å². The topological polar surface area (TPSA) is 146 Å². The van der Waals surface area contributed by atoms with Crippen molar-refractivity contribution < 1.29 is 33.7 Å². The van der Waals surface area contributed by atoms with Gasteiger partial charge in [-0.25, -0.2) is 14.2 Å². The molecule has 1 aromatic carbocycles. The number of aromatic nitrogens is 3. The maximum absolute atomic E-state index is 13.1. The summed E-state index contributed by atoms with van der Waals surface area (Å²) in [6, 6.07) is 7.03. The molecule has 11 nitrogen and oxygen atoms in total. The molecule has 12 heteroatoms. The van der Waals surface area contributed by atoms with Crippen LogP contribution in [-0.2, 0) is 20.7 Å². The Morgan fingerprint density at radius 3 is 2.39 bits per heavy atom. The van der Waals surface area contributed by atoms with Crippen LogP contribution in [0.4, 0.5) is 10.2 Å². The van der Waals surface area contributed by atoms with Crippen molar-refractivity contribution in [2.24, 2.45) is 0 Å². The smallest absolute Gasteiger partial charge is 0.337 e. The molecule has 2 aromatic heterocycles. The number of rotatable bonds is 9. The highest BCUT2D eigenvalue weighted by atomic mass is 19.1. The number of hydrogen-bond donors (Lipinski definition) is 3. The summed E-state index contributed by atoms with van der Waals surface area (Å²) in [4.78, 5) is 44.4. The van der Waals surface area contributed by atoms with Crippen molar-refractivity contribution >= 4 is 29.1 Å². The fourth-order valence-electron chi connectivity index (χ4n) is 4.79. The quantitative estimate of drug-likeness (QED) is 0.354. The minimum Gasteiger partial charge on any atom is -0.479 e. The molecule has 1 unspecified atom stereocenters. The first kappa shape index (κ1) is 30.1. The summed E-state index contributed by atoms with van der Waals surface area (Å²) in [5.74, 6) is -2.04. The van der Waals surface area contributed by atoms with Crippen LogP contribution in [0.15, 0.2) is 30.3 Å². The first-order valence-corrected chi connectivity index (χ1v) is 13.5. The van der Waals surface area contributed by atoms with E-state index in [1.54, 1.807) is 34.6 Å². The number of piperidine rings is 1. The number of aryl methyl sites for hydroxylation is 1. The van der Waals surface area contributed by atoms with Crippen LogP contribution in [0.3, 0.4) is 0 Å². The molecule has 0 radical (unpaired) electrons. The van der Waals surface area contributed by atoms with Crippen molar-refractivity contribution in [1.29, 1.82) is 0 Å². The number of ether oxygens (including phenoxy) is 1. The molecule has 1 amide bonds. The van der Waals surface area contributed by atoms with Crippen LogP contribution in [0.1, 0.15) is 73.9 Å². The molecule has 1 saturated heterocycles. The van der Waals surface area contributed by atoms with Gasteiger partial charge in [-0.3, -0.25) is 9.59 Å². The number of hydrogen-bond acceptors (Lipinski definition) is 8. The highest BCUT2D eigenvalue weighted by Crippen LogP contribution is 2.37. The van der Waals surface area contributed by atoms with Gasteiger partial charge in [0.25, 0.3) is 5.91 Å². The summed E-state index contributed by atoms with van der Waals surface area (Å²) in [5.41, 5.74) is 0.0126. The third kappa shape index (κ3) is 7.25. The van der Waals surface area contributed by atoms with Gasteiger partial charge in [-0.1, -0.05) is 12.1 Å². The second-order valence-corrected chi connectivity index (χ2v) is 11.7. The van der Waals surface area contributed by atoms with Gasteiger partial charge < -0.3 is 25.2 Å². The number of aliphatic carboxylic acids is 1. The Labute approximate surface area is 237 Å². The molecule has 0 spiro atoms. The summed E-state index contributed by atoms with van der Waals surface area (Å²) in [6.45, 7) is 9.30. The van der Waals surface area contributed by atoms with E-state index in [4.69, 9.17) is 4.74 Å². The Balaban J connectivity index is 1.67. The number of carbonyl (C=O) groups excluding carboxylic acids is 2. The molecule has 3 aromatic rings. The predicted octanol–water partition coefficient (Wildman–Crippen LogP) is 3.01. The number of ketones is 1. The first-order valence-electron chi connectivity index (χ1n) is 13.5. The number of carboxylic acids is 1. The Morgan fingerprint density at radius 1 is 1.17 bits per heavy atom. The standard InChI is InChI=1S/C29H36FN5O6/c1-17-23(24(27(38)39)41-28(2,3)4)26(34-12-10-29(5,40)11-13-34)35-22(32-17)15-21(33-35)25(37)31-16-20(36)14-18-6-8-19(30)9-7-18/h6-9,15,24,40H,10-14,16H2,1-5H3,(H,31,37)(H,38,39). The van der Waals surface area contributed by atoms with E-state index in [1.807, 2.05) is 4.90 Å². The monoisotopic (exact) mass is 569 g/mol. The van der Waals surface area contributed by atoms with Gasteiger partial charge in [0, 0.05) is 31.3 Å². The van der Waals surface area contributed by atoms with E-state index in [0.717, 1.165) is 0 Å². The zero-order valence-electron chi connectivity index (χ0n) is 23.9. The Bertz CT molecular complexity index is 1450. The van der Waals surface area contributed by atoms with Crippen LogP contribution >= 0.6 is 0 Å². The van der Waals surface area contributed by atoms with Crippen LogP contribution in [0.5, 0.6) is 0 Å². The van der Waals surface area contributed by atoms with E-state index >= 15 is 0 Å². The molecule has 1 atom stereocenters. The molecule has 0 bridgehead atoms. The number of benzene rings is 1. The van der Waals surface area contributed by atoms with Gasteiger partial charge in [0.2, 0.25) is 0 Å². The maximum atomic E-state index is 13.1. The first-order chi connectivity index (χ1) is 19.1. The van der Waals surface area contributed by atoms with E-state index in [2.05, 4.69) is 15.4 Å². The third-order valence-electron chi connectivity index (χ3n) is 6.90. The zero-order chi connectivity index (χ0) is 30.1. The van der Waals surface area contributed by atoms with Gasteiger partial charge in [0.05, 0.1) is 23.3 Å². The zero-order valence-corrected chi connectivity index (χ0v) is 23.9. The van der Waals surface area contributed by atoms with E-state index in [9.17, 15) is 29.0 Å². The lowest BCUT2D eigenvalue weighted by atomic mass is 9.93. The lowest BCUT2D eigenvalue weighted by Crippen LogP contribution is -2.44. The van der Waals surface area contributed by atoms with E-state index in [0.29, 0.717) is 54.2 Å². The molecule has 1 aliphatic rings. The molecule has 220 valence electrons. The fourth-order valence-corrected chi connectivity index (χ4v) is 4.79. The molecule has 0 aliphatic carbocycles. The van der Waals surface area contributed by atoms with Crippen LogP contribution in [0, 0.1) is 12.7 Å². The number of carboxylic acid groups (broad SMARTS) is 1. The van der Waals surface area contributed by atoms with Crippen LogP contribution in [-0.4, -0.2) is 73.3 Å². The minimum absolute atomic E-state index is 0.00231. The summed E-state index contributed by atoms with van der Waals surface area (Å²) >= 11 is 0. The van der Waals surface area contributed by atoms with Crippen molar-refractivity contribution in [3.8, 4) is 0 Å². The predicted molar refractivity (Wildman–Crippen MR) is 148 cm³/mol. The number of halogens is 1. The van der Waals surface area contributed by atoms with Crippen LogP contribution < -0.4 is 10.2 Å². The number of Topliss-reactive ketones (excluding diaryl/α,β-unsaturated/α-hetero) is 1. The van der Waals surface area contributed by atoms with Crippen molar-refractivity contribution in [3.05, 3.63) is 58.7 Å².